The van der Waals surface area contributed by atoms with Gasteiger partial charge in [-0.25, -0.2) is 0 Å². The zero-order valence-corrected chi connectivity index (χ0v) is 12.8. The van der Waals surface area contributed by atoms with Crippen molar-refractivity contribution < 1.29 is 4.74 Å². The smallest absolute Gasteiger partial charge is 0.121 e. The monoisotopic (exact) mass is 307 g/mol. The quantitative estimate of drug-likeness (QED) is 0.386. The topological polar surface area (TPSA) is 75.8 Å². The van der Waals surface area contributed by atoms with Crippen LogP contribution in [0, 0.1) is 0 Å². The molecule has 3 aromatic rings. The Labute approximate surface area is 133 Å². The summed E-state index contributed by atoms with van der Waals surface area (Å²) in [5.41, 5.74) is 10.6. The maximum atomic E-state index is 8.51. The zero-order valence-electron chi connectivity index (χ0n) is 12.8. The molecule has 1 atom stereocenters. The number of aromatic nitrogens is 2. The van der Waals surface area contributed by atoms with E-state index in [1.54, 1.807) is 6.20 Å². The van der Waals surface area contributed by atoms with Crippen LogP contribution < -0.4 is 4.74 Å². The summed E-state index contributed by atoms with van der Waals surface area (Å²) >= 11 is 0. The minimum absolute atomic E-state index is 0.156. The molecule has 1 aromatic heterocycles. The number of azide groups is 1. The van der Waals surface area contributed by atoms with Gasteiger partial charge in [-0.1, -0.05) is 42.4 Å². The Morgan fingerprint density at radius 2 is 2.09 bits per heavy atom. The molecular formula is C17H17N5O. The summed E-state index contributed by atoms with van der Waals surface area (Å²) in [6.07, 6.45) is 1.80. The highest BCUT2D eigenvalue weighted by Crippen LogP contribution is 2.22. The van der Waals surface area contributed by atoms with E-state index < -0.39 is 0 Å². The highest BCUT2D eigenvalue weighted by molar-refractivity contribution is 5.80. The van der Waals surface area contributed by atoms with Crippen molar-refractivity contribution in [1.82, 2.24) is 9.78 Å². The minimum atomic E-state index is -0.156. The Morgan fingerprint density at radius 1 is 1.26 bits per heavy atom. The van der Waals surface area contributed by atoms with Gasteiger partial charge in [-0.15, -0.1) is 0 Å². The van der Waals surface area contributed by atoms with Crippen LogP contribution in [-0.4, -0.2) is 15.8 Å². The maximum Gasteiger partial charge on any atom is 0.121 e. The largest absolute Gasteiger partial charge is 0.489 e. The molecule has 0 N–H and O–H groups in total. The van der Waals surface area contributed by atoms with Gasteiger partial charge in [-0.3, -0.25) is 4.68 Å². The lowest BCUT2D eigenvalue weighted by Crippen LogP contribution is -2.10. The predicted octanol–water partition coefficient (Wildman–Crippen LogP) is 4.31. The van der Waals surface area contributed by atoms with Gasteiger partial charge in [-0.2, -0.15) is 5.10 Å². The van der Waals surface area contributed by atoms with Gasteiger partial charge in [0.15, 0.2) is 0 Å². The van der Waals surface area contributed by atoms with E-state index in [4.69, 9.17) is 10.3 Å². The van der Waals surface area contributed by atoms with E-state index in [0.29, 0.717) is 13.2 Å². The fourth-order valence-electron chi connectivity index (χ4n) is 2.40. The summed E-state index contributed by atoms with van der Waals surface area (Å²) < 4.78 is 7.69. The standard InChI is InChI=1S/C17H17N5O/c1-13(20-21-18)11-22-17-9-16(8-7-15(17)10-19-22)23-12-14-5-3-2-4-6-14/h2-10,13H,11-12H2,1H3/t13-/m0/s1. The number of nitrogens with zero attached hydrogens (tertiary/aromatic N) is 5. The molecule has 2 aromatic carbocycles. The van der Waals surface area contributed by atoms with Gasteiger partial charge in [0, 0.05) is 22.9 Å². The number of fused-ring (bicyclic) bond motifs is 1. The molecule has 6 heteroatoms. The average Bonchev–Trinajstić information content (AvgIpc) is 2.96. The molecule has 0 amide bonds. The molecule has 116 valence electrons. The van der Waals surface area contributed by atoms with Crippen LogP contribution in [0.2, 0.25) is 0 Å². The number of ether oxygens (including phenoxy) is 1. The zero-order chi connectivity index (χ0) is 16.1. The van der Waals surface area contributed by atoms with Crippen molar-refractivity contribution in [1.29, 1.82) is 0 Å². The van der Waals surface area contributed by atoms with Gasteiger partial charge in [-0.05, 0) is 23.2 Å². The molecule has 0 aliphatic carbocycles. The Kier molecular flexibility index (Phi) is 4.45. The highest BCUT2D eigenvalue weighted by Gasteiger charge is 2.07. The third-order valence-corrected chi connectivity index (χ3v) is 3.55. The molecule has 0 fully saturated rings. The number of hydrogen-bond donors (Lipinski definition) is 0. The van der Waals surface area contributed by atoms with Crippen LogP contribution in [0.3, 0.4) is 0 Å². The van der Waals surface area contributed by atoms with E-state index in [0.717, 1.165) is 22.2 Å². The minimum Gasteiger partial charge on any atom is -0.489 e. The fraction of sp³-hybridized carbons (Fsp3) is 0.235. The van der Waals surface area contributed by atoms with E-state index in [9.17, 15) is 0 Å². The lowest BCUT2D eigenvalue weighted by Gasteiger charge is -2.09. The van der Waals surface area contributed by atoms with Crippen LogP contribution in [0.1, 0.15) is 12.5 Å². The van der Waals surface area contributed by atoms with Crippen LogP contribution in [0.25, 0.3) is 21.3 Å². The molecule has 0 radical (unpaired) electrons. The first-order valence-corrected chi connectivity index (χ1v) is 7.43. The van der Waals surface area contributed by atoms with Crippen molar-refractivity contribution >= 4 is 10.9 Å². The molecule has 0 saturated heterocycles. The molecule has 0 aliphatic rings. The second-order valence-electron chi connectivity index (χ2n) is 5.38. The third kappa shape index (κ3) is 3.62. The van der Waals surface area contributed by atoms with E-state index in [2.05, 4.69) is 15.1 Å². The summed E-state index contributed by atoms with van der Waals surface area (Å²) in [6, 6.07) is 15.8. The molecular weight excluding hydrogens is 290 g/mol. The van der Waals surface area contributed by atoms with Gasteiger partial charge >= 0.3 is 0 Å². The third-order valence-electron chi connectivity index (χ3n) is 3.55. The van der Waals surface area contributed by atoms with Gasteiger partial charge in [0.05, 0.1) is 17.8 Å². The lowest BCUT2D eigenvalue weighted by molar-refractivity contribution is 0.306. The Bertz CT molecular complexity index is 837. The summed E-state index contributed by atoms with van der Waals surface area (Å²) in [5.74, 6) is 0.791. The molecule has 0 saturated carbocycles. The van der Waals surface area contributed by atoms with Crippen molar-refractivity contribution in [2.24, 2.45) is 5.11 Å². The fourth-order valence-corrected chi connectivity index (χ4v) is 2.40. The Hall–Kier alpha value is -2.98. The summed E-state index contributed by atoms with van der Waals surface area (Å²) in [7, 11) is 0. The second-order valence-corrected chi connectivity index (χ2v) is 5.38. The van der Waals surface area contributed by atoms with Gasteiger partial charge in [0.1, 0.15) is 12.4 Å². The number of hydrogen-bond acceptors (Lipinski definition) is 3. The second kappa shape index (κ2) is 6.85. The lowest BCUT2D eigenvalue weighted by atomic mass is 10.2. The molecule has 6 nitrogen and oxygen atoms in total. The van der Waals surface area contributed by atoms with Crippen LogP contribution in [0.5, 0.6) is 5.75 Å². The van der Waals surface area contributed by atoms with Crippen molar-refractivity contribution in [3.8, 4) is 5.75 Å². The molecule has 0 spiro atoms. The van der Waals surface area contributed by atoms with E-state index in [-0.39, 0.29) is 6.04 Å². The first-order valence-electron chi connectivity index (χ1n) is 7.43. The molecule has 1 heterocycles. The van der Waals surface area contributed by atoms with Crippen molar-refractivity contribution in [2.45, 2.75) is 26.1 Å². The van der Waals surface area contributed by atoms with Crippen LogP contribution in [0.15, 0.2) is 59.8 Å². The van der Waals surface area contributed by atoms with Crippen molar-refractivity contribution in [3.63, 3.8) is 0 Å². The first-order chi connectivity index (χ1) is 11.3. The van der Waals surface area contributed by atoms with Gasteiger partial charge in [0.25, 0.3) is 0 Å². The van der Waals surface area contributed by atoms with Crippen molar-refractivity contribution in [2.75, 3.05) is 0 Å². The Balaban J connectivity index is 1.78. The first kappa shape index (κ1) is 14.9. The van der Waals surface area contributed by atoms with Gasteiger partial charge < -0.3 is 4.74 Å². The molecule has 3 rings (SSSR count). The normalized spacial score (nSPS) is 11.9. The average molecular weight is 307 g/mol. The Morgan fingerprint density at radius 3 is 2.87 bits per heavy atom. The maximum absolute atomic E-state index is 8.51. The summed E-state index contributed by atoms with van der Waals surface area (Å²) in [6.45, 7) is 2.92. The van der Waals surface area contributed by atoms with Crippen LogP contribution in [-0.2, 0) is 13.2 Å². The predicted molar refractivity (Wildman–Crippen MR) is 89.1 cm³/mol. The molecule has 23 heavy (non-hydrogen) atoms. The van der Waals surface area contributed by atoms with Crippen LogP contribution >= 0.6 is 0 Å². The molecule has 0 aliphatic heterocycles. The van der Waals surface area contributed by atoms with E-state index in [1.807, 2.05) is 60.1 Å². The SMILES string of the molecule is C[C@@H](Cn1ncc2ccc(OCc3ccccc3)cc21)N=[N+]=[N-]. The number of rotatable bonds is 6. The van der Waals surface area contributed by atoms with Crippen molar-refractivity contribution in [3.05, 3.63) is 70.7 Å². The highest BCUT2D eigenvalue weighted by atomic mass is 16.5. The van der Waals surface area contributed by atoms with E-state index in [1.165, 1.54) is 0 Å². The number of benzene rings is 2. The van der Waals surface area contributed by atoms with E-state index >= 15 is 0 Å². The van der Waals surface area contributed by atoms with Gasteiger partial charge in [0.2, 0.25) is 0 Å². The summed E-state index contributed by atoms with van der Waals surface area (Å²) in [4.78, 5) is 2.84. The molecule has 0 bridgehead atoms. The molecule has 0 unspecified atom stereocenters. The summed E-state index contributed by atoms with van der Waals surface area (Å²) in [5, 5.41) is 9.08. The van der Waals surface area contributed by atoms with Crippen LogP contribution in [0.4, 0.5) is 0 Å².